The van der Waals surface area contributed by atoms with Gasteiger partial charge >= 0.3 is 5.69 Å². The molecule has 17 heavy (non-hydrogen) atoms. The van der Waals surface area contributed by atoms with E-state index in [1.54, 1.807) is 0 Å². The Hall–Kier alpha value is -1.96. The molecular formula is C9H15N5O3. The van der Waals surface area contributed by atoms with Crippen LogP contribution in [0.15, 0.2) is 6.33 Å². The molecule has 0 bridgehead atoms. The van der Waals surface area contributed by atoms with Gasteiger partial charge < -0.3 is 15.8 Å². The van der Waals surface area contributed by atoms with Gasteiger partial charge in [0, 0.05) is 12.6 Å². The quantitative estimate of drug-likeness (QED) is 0.559. The second-order valence-electron chi connectivity index (χ2n) is 3.42. The first kappa shape index (κ1) is 13.1. The highest BCUT2D eigenvalue weighted by molar-refractivity contribution is 5.67. The number of nitrogens with one attached hydrogen (secondary N) is 1. The highest BCUT2D eigenvalue weighted by atomic mass is 16.6. The van der Waals surface area contributed by atoms with Crippen LogP contribution in [-0.2, 0) is 4.74 Å². The summed E-state index contributed by atoms with van der Waals surface area (Å²) in [6.45, 7) is 4.72. The molecule has 0 saturated heterocycles. The van der Waals surface area contributed by atoms with E-state index in [1.165, 1.54) is 6.33 Å². The van der Waals surface area contributed by atoms with Crippen LogP contribution in [0.5, 0.6) is 0 Å². The zero-order chi connectivity index (χ0) is 12.8. The van der Waals surface area contributed by atoms with E-state index in [0.717, 1.165) is 0 Å². The van der Waals surface area contributed by atoms with E-state index >= 15 is 0 Å². The summed E-state index contributed by atoms with van der Waals surface area (Å²) < 4.78 is 5.19. The van der Waals surface area contributed by atoms with Gasteiger partial charge in [0.05, 0.1) is 11.5 Å². The zero-order valence-corrected chi connectivity index (χ0v) is 9.71. The molecule has 94 valence electrons. The van der Waals surface area contributed by atoms with Gasteiger partial charge in [0.25, 0.3) is 0 Å². The third-order valence-corrected chi connectivity index (χ3v) is 1.99. The summed E-state index contributed by atoms with van der Waals surface area (Å²) in [5.41, 5.74) is 5.12. The van der Waals surface area contributed by atoms with Gasteiger partial charge in [-0.3, -0.25) is 10.1 Å². The van der Waals surface area contributed by atoms with E-state index in [1.807, 2.05) is 13.8 Å². The van der Waals surface area contributed by atoms with Crippen molar-refractivity contribution < 1.29 is 9.66 Å². The zero-order valence-electron chi connectivity index (χ0n) is 9.71. The molecule has 0 aromatic carbocycles. The normalized spacial score (nSPS) is 12.1. The summed E-state index contributed by atoms with van der Waals surface area (Å²) in [5, 5.41) is 13.7. The molecule has 0 amide bonds. The second kappa shape index (κ2) is 5.94. The van der Waals surface area contributed by atoms with Crippen molar-refractivity contribution >= 4 is 17.3 Å². The predicted octanol–water partition coefficient (Wildman–Crippen LogP) is 0.804. The van der Waals surface area contributed by atoms with Crippen LogP contribution in [0.3, 0.4) is 0 Å². The van der Waals surface area contributed by atoms with Crippen molar-refractivity contribution in [2.45, 2.75) is 19.9 Å². The van der Waals surface area contributed by atoms with Crippen molar-refractivity contribution in [2.75, 3.05) is 24.3 Å². The lowest BCUT2D eigenvalue weighted by Crippen LogP contribution is -2.23. The van der Waals surface area contributed by atoms with Crippen LogP contribution in [0.1, 0.15) is 13.8 Å². The third kappa shape index (κ3) is 3.52. The summed E-state index contributed by atoms with van der Waals surface area (Å²) in [4.78, 5) is 17.6. The molecule has 3 N–H and O–H groups in total. The molecular weight excluding hydrogens is 226 g/mol. The minimum atomic E-state index is -0.606. The van der Waals surface area contributed by atoms with Crippen LogP contribution in [0.4, 0.5) is 17.3 Å². The molecule has 0 saturated carbocycles. The van der Waals surface area contributed by atoms with Crippen LogP contribution in [0.2, 0.25) is 0 Å². The van der Waals surface area contributed by atoms with Gasteiger partial charge in [-0.05, 0) is 13.8 Å². The molecule has 1 atom stereocenters. The summed E-state index contributed by atoms with van der Waals surface area (Å²) in [5.74, 6) is -0.0502. The van der Waals surface area contributed by atoms with E-state index in [-0.39, 0.29) is 23.4 Å². The van der Waals surface area contributed by atoms with Crippen molar-refractivity contribution in [1.29, 1.82) is 0 Å². The van der Waals surface area contributed by atoms with E-state index in [9.17, 15) is 10.1 Å². The number of nitro groups is 1. The molecule has 0 aliphatic heterocycles. The first-order valence-corrected chi connectivity index (χ1v) is 5.15. The lowest BCUT2D eigenvalue weighted by Gasteiger charge is -2.14. The number of hydrogen-bond donors (Lipinski definition) is 2. The van der Waals surface area contributed by atoms with Gasteiger partial charge in [-0.25, -0.2) is 9.97 Å². The molecule has 0 aliphatic rings. The Morgan fingerprint density at radius 1 is 1.65 bits per heavy atom. The maximum absolute atomic E-state index is 10.8. The smallest absolute Gasteiger partial charge is 0.352 e. The number of nitrogens with zero attached hydrogens (tertiary/aromatic N) is 3. The lowest BCUT2D eigenvalue weighted by molar-refractivity contribution is -0.383. The standard InChI is InChI=1S/C9H15N5O3/c1-3-17-4-6(2)13-9-7(14(15)16)8(10)11-5-12-9/h5-6H,3-4H2,1-2H3,(H3,10,11,12,13). The number of hydrogen-bond acceptors (Lipinski definition) is 7. The Morgan fingerprint density at radius 3 is 2.94 bits per heavy atom. The number of nitrogens with two attached hydrogens (primary N) is 1. The van der Waals surface area contributed by atoms with Crippen LogP contribution in [0, 0.1) is 10.1 Å². The highest BCUT2D eigenvalue weighted by Crippen LogP contribution is 2.26. The predicted molar refractivity (Wildman–Crippen MR) is 62.7 cm³/mol. The fraction of sp³-hybridized carbons (Fsp3) is 0.556. The van der Waals surface area contributed by atoms with Gasteiger partial charge in [0.15, 0.2) is 0 Å². The Bertz CT molecular complexity index is 398. The van der Waals surface area contributed by atoms with Crippen LogP contribution in [0.25, 0.3) is 0 Å². The van der Waals surface area contributed by atoms with Crippen molar-refractivity contribution in [1.82, 2.24) is 9.97 Å². The summed E-state index contributed by atoms with van der Waals surface area (Å²) in [7, 11) is 0. The molecule has 8 nitrogen and oxygen atoms in total. The molecule has 1 rings (SSSR count). The fourth-order valence-corrected chi connectivity index (χ4v) is 1.25. The monoisotopic (exact) mass is 241 g/mol. The number of aromatic nitrogens is 2. The second-order valence-corrected chi connectivity index (χ2v) is 3.42. The van der Waals surface area contributed by atoms with Gasteiger partial charge in [-0.1, -0.05) is 0 Å². The fourth-order valence-electron chi connectivity index (χ4n) is 1.25. The maximum Gasteiger partial charge on any atom is 0.352 e. The molecule has 1 aromatic heterocycles. The minimum absolute atomic E-state index is 0.106. The summed E-state index contributed by atoms with van der Waals surface area (Å²) >= 11 is 0. The topological polar surface area (TPSA) is 116 Å². The number of nitrogen functional groups attached to an aromatic ring is 1. The molecule has 0 fully saturated rings. The minimum Gasteiger partial charge on any atom is -0.380 e. The van der Waals surface area contributed by atoms with Crippen LogP contribution >= 0.6 is 0 Å². The molecule has 0 spiro atoms. The Morgan fingerprint density at radius 2 is 2.35 bits per heavy atom. The van der Waals surface area contributed by atoms with E-state index < -0.39 is 4.92 Å². The SMILES string of the molecule is CCOCC(C)Nc1ncnc(N)c1[N+](=O)[O-]. The maximum atomic E-state index is 10.8. The molecule has 1 heterocycles. The molecule has 1 aromatic rings. The highest BCUT2D eigenvalue weighted by Gasteiger charge is 2.21. The van der Waals surface area contributed by atoms with Gasteiger partial charge in [0.1, 0.15) is 6.33 Å². The van der Waals surface area contributed by atoms with Crippen LogP contribution in [-0.4, -0.2) is 34.1 Å². The first-order chi connectivity index (χ1) is 8.06. The van der Waals surface area contributed by atoms with Crippen molar-refractivity contribution in [3.8, 4) is 0 Å². The largest absolute Gasteiger partial charge is 0.380 e. The summed E-state index contributed by atoms with van der Waals surface area (Å²) in [6, 6.07) is -0.108. The van der Waals surface area contributed by atoms with Gasteiger partial charge in [0.2, 0.25) is 11.6 Å². The van der Waals surface area contributed by atoms with Crippen LogP contribution < -0.4 is 11.1 Å². The Balaban J connectivity index is 2.83. The first-order valence-electron chi connectivity index (χ1n) is 5.15. The van der Waals surface area contributed by atoms with E-state index in [0.29, 0.717) is 13.2 Å². The third-order valence-electron chi connectivity index (χ3n) is 1.99. The lowest BCUT2D eigenvalue weighted by atomic mass is 10.3. The van der Waals surface area contributed by atoms with Crippen molar-refractivity contribution in [2.24, 2.45) is 0 Å². The molecule has 0 radical (unpaired) electrons. The average Bonchev–Trinajstić information content (AvgIpc) is 2.25. The van der Waals surface area contributed by atoms with Crippen molar-refractivity contribution in [3.63, 3.8) is 0 Å². The number of anilines is 2. The molecule has 1 unspecified atom stereocenters. The van der Waals surface area contributed by atoms with Crippen molar-refractivity contribution in [3.05, 3.63) is 16.4 Å². The number of rotatable bonds is 6. The number of ether oxygens (including phenoxy) is 1. The van der Waals surface area contributed by atoms with Gasteiger partial charge in [-0.15, -0.1) is 0 Å². The van der Waals surface area contributed by atoms with E-state index in [4.69, 9.17) is 10.5 Å². The average molecular weight is 241 g/mol. The summed E-state index contributed by atoms with van der Waals surface area (Å²) in [6.07, 6.45) is 1.18. The Kier molecular flexibility index (Phi) is 4.58. The Labute approximate surface area is 98.4 Å². The van der Waals surface area contributed by atoms with Gasteiger partial charge in [-0.2, -0.15) is 0 Å². The van der Waals surface area contributed by atoms with E-state index in [2.05, 4.69) is 15.3 Å². The molecule has 8 heteroatoms. The molecule has 0 aliphatic carbocycles.